The summed E-state index contributed by atoms with van der Waals surface area (Å²) in [7, 11) is -3.30. The molecule has 0 saturated heterocycles. The fourth-order valence-corrected chi connectivity index (χ4v) is 2.71. The number of diazo groups is 1. The van der Waals surface area contributed by atoms with E-state index in [0.717, 1.165) is 0 Å². The highest BCUT2D eigenvalue weighted by Crippen LogP contribution is 2.14. The van der Waals surface area contributed by atoms with E-state index < -0.39 is 10.0 Å². The minimum absolute atomic E-state index is 0. The zero-order chi connectivity index (χ0) is 12.2. The standard InChI is InChI=1S/C10H14N3O2S.ClH/c1-8(2)13-16(14,15)7-9-3-5-10(12-11)6-4-9;/h3-6,8,13H,7H2,1-2H3;1H/q+1;/p-1. The monoisotopic (exact) mass is 275 g/mol. The van der Waals surface area contributed by atoms with Crippen LogP contribution in [-0.4, -0.2) is 14.5 Å². The van der Waals surface area contributed by atoms with Gasteiger partial charge in [0, 0.05) is 18.2 Å². The Morgan fingerprint density at radius 2 is 1.82 bits per heavy atom. The first-order valence-corrected chi connectivity index (χ1v) is 6.52. The highest BCUT2D eigenvalue weighted by molar-refractivity contribution is 7.88. The predicted molar refractivity (Wildman–Crippen MR) is 62.1 cm³/mol. The van der Waals surface area contributed by atoms with E-state index in [9.17, 15) is 8.42 Å². The second-order valence-corrected chi connectivity index (χ2v) is 5.55. The van der Waals surface area contributed by atoms with E-state index in [1.807, 2.05) is 0 Å². The third-order valence-corrected chi connectivity index (χ3v) is 3.37. The molecule has 1 aromatic rings. The van der Waals surface area contributed by atoms with E-state index in [2.05, 4.69) is 9.70 Å². The van der Waals surface area contributed by atoms with Gasteiger partial charge >= 0.3 is 5.69 Å². The second kappa shape index (κ2) is 6.55. The molecule has 94 valence electrons. The van der Waals surface area contributed by atoms with E-state index in [4.69, 9.17) is 5.39 Å². The normalized spacial score (nSPS) is 10.7. The van der Waals surface area contributed by atoms with Gasteiger partial charge in [0.25, 0.3) is 0 Å². The Bertz CT molecular complexity index is 491. The van der Waals surface area contributed by atoms with Crippen LogP contribution in [0.3, 0.4) is 0 Å². The summed E-state index contributed by atoms with van der Waals surface area (Å²) in [6.07, 6.45) is 0. The number of hydrogen-bond donors (Lipinski definition) is 1. The summed E-state index contributed by atoms with van der Waals surface area (Å²) in [5.74, 6) is -0.0725. The Labute approximate surface area is 107 Å². The van der Waals surface area contributed by atoms with E-state index in [0.29, 0.717) is 11.3 Å². The van der Waals surface area contributed by atoms with Gasteiger partial charge in [-0.1, -0.05) is 0 Å². The Hall–Kier alpha value is -1.16. The molecule has 0 aromatic heterocycles. The van der Waals surface area contributed by atoms with Crippen LogP contribution in [0.1, 0.15) is 19.4 Å². The molecule has 1 rings (SSSR count). The molecule has 0 aliphatic rings. The molecule has 17 heavy (non-hydrogen) atoms. The Kier molecular flexibility index (Phi) is 6.10. The third-order valence-electron chi connectivity index (χ3n) is 1.82. The van der Waals surface area contributed by atoms with Gasteiger partial charge in [-0.2, -0.15) is 0 Å². The molecule has 0 amide bonds. The summed E-state index contributed by atoms with van der Waals surface area (Å²) >= 11 is 0. The molecule has 0 aliphatic carbocycles. The molecule has 1 N–H and O–H groups in total. The molecular weight excluding hydrogens is 262 g/mol. The first kappa shape index (κ1) is 15.8. The summed E-state index contributed by atoms with van der Waals surface area (Å²) in [4.78, 5) is 2.99. The van der Waals surface area contributed by atoms with E-state index >= 15 is 0 Å². The van der Waals surface area contributed by atoms with Gasteiger partial charge < -0.3 is 12.4 Å². The average molecular weight is 276 g/mol. The van der Waals surface area contributed by atoms with Crippen molar-refractivity contribution >= 4 is 15.7 Å². The van der Waals surface area contributed by atoms with Crippen LogP contribution < -0.4 is 17.1 Å². The van der Waals surface area contributed by atoms with E-state index in [1.165, 1.54) is 0 Å². The van der Waals surface area contributed by atoms with Gasteiger partial charge in [-0.25, -0.2) is 13.1 Å². The van der Waals surface area contributed by atoms with Crippen LogP contribution in [0.15, 0.2) is 24.3 Å². The van der Waals surface area contributed by atoms with Gasteiger partial charge in [0.1, 0.15) is 0 Å². The fourth-order valence-electron chi connectivity index (χ4n) is 1.28. The molecule has 0 saturated carbocycles. The zero-order valence-electron chi connectivity index (χ0n) is 9.59. The van der Waals surface area contributed by atoms with Crippen molar-refractivity contribution in [2.45, 2.75) is 25.6 Å². The summed E-state index contributed by atoms with van der Waals surface area (Å²) in [6.45, 7) is 3.54. The fraction of sp³-hybridized carbons (Fsp3) is 0.400. The van der Waals surface area contributed by atoms with Crippen LogP contribution in [0.2, 0.25) is 0 Å². The minimum Gasteiger partial charge on any atom is -1.00 e. The van der Waals surface area contributed by atoms with Gasteiger partial charge in [-0.3, -0.25) is 0 Å². The van der Waals surface area contributed by atoms with Crippen LogP contribution in [0.4, 0.5) is 5.69 Å². The first-order chi connectivity index (χ1) is 7.43. The summed E-state index contributed by atoms with van der Waals surface area (Å²) < 4.78 is 25.7. The maximum atomic E-state index is 11.6. The highest BCUT2D eigenvalue weighted by atomic mass is 35.5. The summed E-state index contributed by atoms with van der Waals surface area (Å²) in [5, 5.41) is 8.47. The molecule has 1 aromatic carbocycles. The van der Waals surface area contributed by atoms with Gasteiger partial charge in [0.2, 0.25) is 15.4 Å². The molecule has 0 unspecified atom stereocenters. The smallest absolute Gasteiger partial charge is 0.385 e. The van der Waals surface area contributed by atoms with Crippen LogP contribution in [0, 0.1) is 5.39 Å². The van der Waals surface area contributed by atoms with Crippen LogP contribution in [0.25, 0.3) is 4.98 Å². The van der Waals surface area contributed by atoms with Crippen molar-refractivity contribution in [2.75, 3.05) is 0 Å². The predicted octanol–water partition coefficient (Wildman–Crippen LogP) is -0.997. The molecule has 0 spiro atoms. The molecular formula is C10H14ClN3O2S. The Balaban J connectivity index is 0.00000256. The van der Waals surface area contributed by atoms with Crippen LogP contribution in [0.5, 0.6) is 0 Å². The zero-order valence-corrected chi connectivity index (χ0v) is 11.2. The molecule has 0 fully saturated rings. The number of rotatable bonds is 4. The van der Waals surface area contributed by atoms with Crippen molar-refractivity contribution < 1.29 is 20.8 Å². The number of sulfonamides is 1. The number of halogens is 1. The second-order valence-electron chi connectivity index (χ2n) is 3.80. The molecule has 7 heteroatoms. The maximum absolute atomic E-state index is 11.6. The number of hydrogen-bond acceptors (Lipinski definition) is 3. The maximum Gasteiger partial charge on any atom is 0.385 e. The van der Waals surface area contributed by atoms with Crippen molar-refractivity contribution in [1.82, 2.24) is 4.72 Å². The number of benzene rings is 1. The van der Waals surface area contributed by atoms with E-state index in [-0.39, 0.29) is 24.2 Å². The lowest BCUT2D eigenvalue weighted by atomic mass is 10.2. The lowest BCUT2D eigenvalue weighted by molar-refractivity contribution is -0.00000658. The van der Waals surface area contributed by atoms with Gasteiger partial charge in [0.05, 0.1) is 5.75 Å². The largest absolute Gasteiger partial charge is 1.00 e. The lowest BCUT2D eigenvalue weighted by Gasteiger charge is -2.08. The molecule has 5 nitrogen and oxygen atoms in total. The summed E-state index contributed by atoms with van der Waals surface area (Å²) in [6, 6.07) is 6.24. The van der Waals surface area contributed by atoms with Crippen LogP contribution in [-0.2, 0) is 15.8 Å². The Morgan fingerprint density at radius 3 is 2.24 bits per heavy atom. The third kappa shape index (κ3) is 5.63. The van der Waals surface area contributed by atoms with Gasteiger partial charge in [-0.05, 0) is 31.5 Å². The minimum atomic E-state index is -3.30. The molecule has 0 heterocycles. The van der Waals surface area contributed by atoms with Crippen molar-refractivity contribution in [3.63, 3.8) is 0 Å². The number of nitrogens with zero attached hydrogens (tertiary/aromatic N) is 2. The van der Waals surface area contributed by atoms with E-state index in [1.54, 1.807) is 38.1 Å². The topological polar surface area (TPSA) is 74.3 Å². The average Bonchev–Trinajstić information content (AvgIpc) is 2.16. The molecule has 0 aliphatic heterocycles. The quantitative estimate of drug-likeness (QED) is 0.717. The van der Waals surface area contributed by atoms with Crippen molar-refractivity contribution in [3.05, 3.63) is 34.8 Å². The molecule has 0 bridgehead atoms. The highest BCUT2D eigenvalue weighted by Gasteiger charge is 2.13. The van der Waals surface area contributed by atoms with Gasteiger partial charge in [0.15, 0.2) is 4.98 Å². The van der Waals surface area contributed by atoms with Crippen molar-refractivity contribution in [1.29, 1.82) is 5.39 Å². The lowest BCUT2D eigenvalue weighted by Crippen LogP contribution is -3.00. The number of nitrogens with one attached hydrogen (secondary N) is 1. The van der Waals surface area contributed by atoms with Crippen LogP contribution >= 0.6 is 0 Å². The van der Waals surface area contributed by atoms with Crippen molar-refractivity contribution in [2.24, 2.45) is 0 Å². The molecule has 0 atom stereocenters. The first-order valence-electron chi connectivity index (χ1n) is 4.87. The Morgan fingerprint density at radius 1 is 1.29 bits per heavy atom. The van der Waals surface area contributed by atoms with Gasteiger partial charge in [-0.15, -0.1) is 0 Å². The SMILES string of the molecule is CC(C)NS(=O)(=O)Cc1ccc([N+]#N)cc1.[Cl-]. The summed E-state index contributed by atoms with van der Waals surface area (Å²) in [5.41, 5.74) is 1.05. The van der Waals surface area contributed by atoms with Crippen molar-refractivity contribution in [3.8, 4) is 0 Å². The molecule has 0 radical (unpaired) electrons.